The summed E-state index contributed by atoms with van der Waals surface area (Å²) < 4.78 is 13.2. The Morgan fingerprint density at radius 3 is 3.00 bits per heavy atom. The Kier molecular flexibility index (Phi) is 4.01. The Labute approximate surface area is 110 Å². The lowest BCUT2D eigenvalue weighted by Gasteiger charge is -2.29. The summed E-state index contributed by atoms with van der Waals surface area (Å²) in [6.07, 6.45) is 2.08. The van der Waals surface area contributed by atoms with Crippen LogP contribution in [0.5, 0.6) is 0 Å². The summed E-state index contributed by atoms with van der Waals surface area (Å²) in [5.74, 6) is 0.672. The lowest BCUT2D eigenvalue weighted by atomic mass is 9.93. The molecule has 17 heavy (non-hydrogen) atoms. The van der Waals surface area contributed by atoms with Crippen LogP contribution in [0.2, 0.25) is 5.02 Å². The van der Waals surface area contributed by atoms with Crippen molar-refractivity contribution in [2.75, 3.05) is 5.75 Å². The molecule has 2 rings (SSSR count). The average Bonchev–Trinajstić information content (AvgIpc) is 2.73. The van der Waals surface area contributed by atoms with Gasteiger partial charge in [0.1, 0.15) is 5.82 Å². The number of halogens is 2. The molecule has 0 spiro atoms. The molecule has 2 atom stereocenters. The smallest absolute Gasteiger partial charge is 0.142 e. The molecule has 1 heterocycles. The summed E-state index contributed by atoms with van der Waals surface area (Å²) in [5, 5.41) is 10.4. The summed E-state index contributed by atoms with van der Waals surface area (Å²) in [6.45, 7) is 2.07. The van der Waals surface area contributed by atoms with E-state index >= 15 is 0 Å². The fraction of sp³-hybridized carbons (Fsp3) is 0.538. The van der Waals surface area contributed by atoms with Crippen molar-refractivity contribution in [3.8, 4) is 0 Å². The molecule has 1 N–H and O–H groups in total. The summed E-state index contributed by atoms with van der Waals surface area (Å²) in [6, 6.07) is 4.75. The van der Waals surface area contributed by atoms with Gasteiger partial charge in [-0.15, -0.1) is 0 Å². The fourth-order valence-corrected chi connectivity index (χ4v) is 3.72. The fourth-order valence-electron chi connectivity index (χ4n) is 2.19. The van der Waals surface area contributed by atoms with Crippen LogP contribution < -0.4 is 0 Å². The molecular weight excluding hydrogens is 259 g/mol. The quantitative estimate of drug-likeness (QED) is 0.908. The Hall–Kier alpha value is -0.250. The standard InChI is InChI=1S/C13H16ClFOS/c1-13(6-3-7-17-13)11(16)8-9-4-2-5-10(15)12(9)14/h2,4-5,11,16H,3,6-8H2,1H3. The van der Waals surface area contributed by atoms with Gasteiger partial charge in [-0.1, -0.05) is 23.7 Å². The normalized spacial score (nSPS) is 26.1. The molecule has 1 saturated heterocycles. The third kappa shape index (κ3) is 2.78. The predicted octanol–water partition coefficient (Wildman–Crippen LogP) is 3.67. The maximum absolute atomic E-state index is 13.3. The molecule has 0 amide bonds. The first kappa shape index (κ1) is 13.2. The van der Waals surface area contributed by atoms with E-state index < -0.39 is 11.9 Å². The van der Waals surface area contributed by atoms with E-state index in [1.54, 1.807) is 23.9 Å². The Balaban J connectivity index is 2.12. The van der Waals surface area contributed by atoms with Gasteiger partial charge in [-0.25, -0.2) is 4.39 Å². The van der Waals surface area contributed by atoms with Gasteiger partial charge < -0.3 is 5.11 Å². The van der Waals surface area contributed by atoms with E-state index in [0.717, 1.165) is 18.6 Å². The number of rotatable bonds is 3. The van der Waals surface area contributed by atoms with Gasteiger partial charge in [-0.2, -0.15) is 11.8 Å². The van der Waals surface area contributed by atoms with Crippen molar-refractivity contribution in [2.45, 2.75) is 37.0 Å². The third-order valence-electron chi connectivity index (χ3n) is 3.40. The highest BCUT2D eigenvalue weighted by Gasteiger charge is 2.37. The molecule has 2 unspecified atom stereocenters. The lowest BCUT2D eigenvalue weighted by molar-refractivity contribution is 0.133. The molecule has 1 fully saturated rings. The van der Waals surface area contributed by atoms with Gasteiger partial charge in [0.15, 0.2) is 0 Å². The van der Waals surface area contributed by atoms with Crippen molar-refractivity contribution >= 4 is 23.4 Å². The molecule has 1 aromatic carbocycles. The second-order valence-corrected chi connectivity index (χ2v) is 6.71. The number of benzene rings is 1. The van der Waals surface area contributed by atoms with Gasteiger partial charge in [0.25, 0.3) is 0 Å². The van der Waals surface area contributed by atoms with Crippen LogP contribution in [0.25, 0.3) is 0 Å². The van der Waals surface area contributed by atoms with Gasteiger partial charge >= 0.3 is 0 Å². The first-order chi connectivity index (χ1) is 8.03. The zero-order valence-corrected chi connectivity index (χ0v) is 11.3. The lowest BCUT2D eigenvalue weighted by Crippen LogP contribution is -2.35. The largest absolute Gasteiger partial charge is 0.391 e. The van der Waals surface area contributed by atoms with E-state index in [0.29, 0.717) is 12.0 Å². The average molecular weight is 275 g/mol. The highest BCUT2D eigenvalue weighted by atomic mass is 35.5. The maximum Gasteiger partial charge on any atom is 0.142 e. The molecule has 0 radical (unpaired) electrons. The van der Waals surface area contributed by atoms with Crippen molar-refractivity contribution in [3.63, 3.8) is 0 Å². The highest BCUT2D eigenvalue weighted by Crippen LogP contribution is 2.41. The van der Waals surface area contributed by atoms with Crippen molar-refractivity contribution in [2.24, 2.45) is 0 Å². The summed E-state index contributed by atoms with van der Waals surface area (Å²) in [4.78, 5) is 0. The Morgan fingerprint density at radius 1 is 1.59 bits per heavy atom. The second-order valence-electron chi connectivity index (χ2n) is 4.70. The van der Waals surface area contributed by atoms with Crippen molar-refractivity contribution in [3.05, 3.63) is 34.6 Å². The van der Waals surface area contributed by atoms with E-state index in [4.69, 9.17) is 11.6 Å². The van der Waals surface area contributed by atoms with Crippen LogP contribution in [0.15, 0.2) is 18.2 Å². The molecule has 0 aliphatic carbocycles. The van der Waals surface area contributed by atoms with E-state index in [1.165, 1.54) is 6.07 Å². The molecule has 94 valence electrons. The minimum Gasteiger partial charge on any atom is -0.391 e. The van der Waals surface area contributed by atoms with Crippen LogP contribution in [-0.4, -0.2) is 21.7 Å². The summed E-state index contributed by atoms with van der Waals surface area (Å²) in [7, 11) is 0. The highest BCUT2D eigenvalue weighted by molar-refractivity contribution is 8.00. The van der Waals surface area contributed by atoms with E-state index in [-0.39, 0.29) is 9.77 Å². The van der Waals surface area contributed by atoms with Gasteiger partial charge in [0.05, 0.1) is 11.1 Å². The van der Waals surface area contributed by atoms with Crippen molar-refractivity contribution < 1.29 is 9.50 Å². The summed E-state index contributed by atoms with van der Waals surface area (Å²) in [5.41, 5.74) is 0.688. The van der Waals surface area contributed by atoms with Crippen LogP contribution in [-0.2, 0) is 6.42 Å². The monoisotopic (exact) mass is 274 g/mol. The van der Waals surface area contributed by atoms with Gasteiger partial charge in [0.2, 0.25) is 0 Å². The Morgan fingerprint density at radius 2 is 2.35 bits per heavy atom. The van der Waals surface area contributed by atoms with Gasteiger partial charge in [-0.05, 0) is 37.1 Å². The summed E-state index contributed by atoms with van der Waals surface area (Å²) >= 11 is 7.69. The molecule has 0 saturated carbocycles. The molecule has 1 aliphatic rings. The number of hydrogen-bond donors (Lipinski definition) is 1. The minimum absolute atomic E-state index is 0.115. The van der Waals surface area contributed by atoms with Crippen molar-refractivity contribution in [1.82, 2.24) is 0 Å². The van der Waals surface area contributed by atoms with Crippen LogP contribution >= 0.6 is 23.4 Å². The predicted molar refractivity (Wildman–Crippen MR) is 71.2 cm³/mol. The first-order valence-corrected chi connectivity index (χ1v) is 7.14. The molecule has 1 nitrogen and oxygen atoms in total. The molecule has 1 aromatic rings. The minimum atomic E-state index is -0.478. The van der Waals surface area contributed by atoms with Crippen LogP contribution in [0.3, 0.4) is 0 Å². The zero-order chi connectivity index (χ0) is 12.5. The van der Waals surface area contributed by atoms with Crippen LogP contribution in [0.4, 0.5) is 4.39 Å². The molecule has 1 aliphatic heterocycles. The molecule has 0 aromatic heterocycles. The van der Waals surface area contributed by atoms with Crippen LogP contribution in [0.1, 0.15) is 25.3 Å². The third-order valence-corrected chi connectivity index (χ3v) is 5.45. The van der Waals surface area contributed by atoms with Crippen molar-refractivity contribution in [1.29, 1.82) is 0 Å². The maximum atomic E-state index is 13.3. The number of hydrogen-bond acceptors (Lipinski definition) is 2. The Bertz CT molecular complexity index is 404. The molecular formula is C13H16ClFOS. The molecule has 0 bridgehead atoms. The van der Waals surface area contributed by atoms with Gasteiger partial charge in [-0.3, -0.25) is 0 Å². The number of aliphatic hydroxyl groups is 1. The topological polar surface area (TPSA) is 20.2 Å². The number of thioether (sulfide) groups is 1. The van der Waals surface area contributed by atoms with Gasteiger partial charge in [0, 0.05) is 11.2 Å². The first-order valence-electron chi connectivity index (χ1n) is 5.78. The van der Waals surface area contributed by atoms with E-state index in [9.17, 15) is 9.50 Å². The second kappa shape index (κ2) is 5.17. The van der Waals surface area contributed by atoms with E-state index in [2.05, 4.69) is 6.92 Å². The zero-order valence-electron chi connectivity index (χ0n) is 9.75. The SMILES string of the molecule is CC1(C(O)Cc2cccc(F)c2Cl)CCCS1. The van der Waals surface area contributed by atoms with E-state index in [1.807, 2.05) is 0 Å². The molecule has 4 heteroatoms. The van der Waals surface area contributed by atoms with Crippen LogP contribution in [0, 0.1) is 5.82 Å². The number of aliphatic hydroxyl groups excluding tert-OH is 1.